The first-order valence-corrected chi connectivity index (χ1v) is 25.5. The minimum atomic E-state index is 0. The Balaban J connectivity index is 0.0000168. The van der Waals surface area contributed by atoms with Crippen LogP contribution in [-0.4, -0.2) is 11.4 Å². The van der Waals surface area contributed by atoms with Gasteiger partial charge in [-0.25, -0.2) is 0 Å². The van der Waals surface area contributed by atoms with Crippen LogP contribution in [-0.2, 0) is 42.2 Å². The van der Waals surface area contributed by atoms with Crippen LogP contribution < -0.4 is 0 Å². The fourth-order valence-corrected chi connectivity index (χ4v) is 8.36. The van der Waals surface area contributed by atoms with Crippen LogP contribution in [0.5, 0.6) is 0 Å². The van der Waals surface area contributed by atoms with Gasteiger partial charge in [0.2, 0.25) is 0 Å². The molecule has 3 heteroatoms. The summed E-state index contributed by atoms with van der Waals surface area (Å²) in [5.41, 5.74) is 10.9. The molecule has 334 valence electrons. The molecule has 0 heterocycles. The molecule has 0 aliphatic heterocycles. The molecule has 0 N–H and O–H groups in total. The van der Waals surface area contributed by atoms with E-state index in [9.17, 15) is 0 Å². The molecule has 0 aromatic heterocycles. The van der Waals surface area contributed by atoms with Gasteiger partial charge in [0.1, 0.15) is 0 Å². The van der Waals surface area contributed by atoms with E-state index in [1.807, 2.05) is 0 Å². The molecule has 2 aromatic rings. The Kier molecular flexibility index (Phi) is 35.8. The van der Waals surface area contributed by atoms with Crippen LogP contribution in [0, 0.1) is 0 Å². The Labute approximate surface area is 372 Å². The quantitative estimate of drug-likeness (QED) is 0.0366. The Morgan fingerprint density at radius 2 is 0.569 bits per heavy atom. The average Bonchev–Trinajstić information content (AvgIpc) is 3.23. The number of hydrogen-bond donors (Lipinski definition) is 0. The summed E-state index contributed by atoms with van der Waals surface area (Å²) in [5.74, 6) is 0. The number of aliphatic imine (C=N–C) groups is 2. The van der Waals surface area contributed by atoms with Crippen molar-refractivity contribution in [3.8, 4) is 0 Å². The van der Waals surface area contributed by atoms with E-state index >= 15 is 0 Å². The number of nitrogens with zero attached hydrogens (tertiary/aromatic N) is 2. The van der Waals surface area contributed by atoms with Gasteiger partial charge in [0.05, 0.1) is 22.8 Å². The van der Waals surface area contributed by atoms with Crippen molar-refractivity contribution in [2.75, 3.05) is 0 Å². The minimum Gasteiger partial charge on any atom is -0.252 e. The third-order valence-corrected chi connectivity index (χ3v) is 12.2. The first kappa shape index (κ1) is 54.3. The predicted octanol–water partition coefficient (Wildman–Crippen LogP) is 18.9. The van der Waals surface area contributed by atoms with Crippen molar-refractivity contribution in [2.45, 2.75) is 266 Å². The SMILES string of the molecule is CCCCCCCCCCCCCCCCCC(=Nc1ccc(CCCC)c(CCCC)c1)C(CCCCCCCC)=Nc1ccc(CCCC)c(CCCC)c1.[Ni]. The van der Waals surface area contributed by atoms with Crippen LogP contribution in [0.3, 0.4) is 0 Å². The largest absolute Gasteiger partial charge is 0.252 e. The summed E-state index contributed by atoms with van der Waals surface area (Å²) in [4.78, 5) is 11.2. The molecule has 0 aliphatic carbocycles. The summed E-state index contributed by atoms with van der Waals surface area (Å²) in [6.07, 6.45) is 45.5. The van der Waals surface area contributed by atoms with Gasteiger partial charge in [-0.1, -0.05) is 201 Å². The molecule has 0 atom stereocenters. The van der Waals surface area contributed by atoms with Crippen LogP contribution >= 0.6 is 0 Å². The van der Waals surface area contributed by atoms with Crippen molar-refractivity contribution in [3.63, 3.8) is 0 Å². The number of unbranched alkanes of at least 4 members (excludes halogenated alkanes) is 23. The van der Waals surface area contributed by atoms with Crippen molar-refractivity contribution < 1.29 is 16.5 Å². The third-order valence-electron chi connectivity index (χ3n) is 12.2. The maximum atomic E-state index is 5.59. The second-order valence-corrected chi connectivity index (χ2v) is 17.7. The first-order chi connectivity index (χ1) is 28.1. The van der Waals surface area contributed by atoms with Gasteiger partial charge < -0.3 is 0 Å². The van der Waals surface area contributed by atoms with E-state index in [1.165, 1.54) is 233 Å². The van der Waals surface area contributed by atoms with Gasteiger partial charge in [-0.2, -0.15) is 0 Å². The Bertz CT molecular complexity index is 1310. The van der Waals surface area contributed by atoms with Crippen LogP contribution in [0.2, 0.25) is 0 Å². The standard InChI is InChI=1S/C55H94N2.Ni/c1-7-13-19-21-23-24-25-26-27-28-29-30-31-33-35-41-55(57-53-45-43-49(37-16-10-4)51(47-53)39-18-12-6)54(40-34-32-22-20-14-8-2)56-52-44-42-48(36-15-9-3)50(46-52)38-17-11-5;/h42-47H,7-41H2,1-6H3;. The Hall–Kier alpha value is -1.73. The summed E-state index contributed by atoms with van der Waals surface area (Å²) in [6, 6.07) is 14.3. The smallest absolute Gasteiger partial charge is 0.0636 e. The van der Waals surface area contributed by atoms with E-state index < -0.39 is 0 Å². The zero-order valence-corrected chi connectivity index (χ0v) is 40.4. The molecule has 2 rings (SSSR count). The zero-order chi connectivity index (χ0) is 41.0. The molecule has 0 spiro atoms. The topological polar surface area (TPSA) is 24.7 Å². The van der Waals surface area contributed by atoms with Gasteiger partial charge in [-0.05, 0) is 124 Å². The number of benzene rings is 2. The van der Waals surface area contributed by atoms with Gasteiger partial charge in [0.15, 0.2) is 0 Å². The third kappa shape index (κ3) is 25.8. The molecule has 0 bridgehead atoms. The van der Waals surface area contributed by atoms with Crippen LogP contribution in [0.4, 0.5) is 11.4 Å². The van der Waals surface area contributed by atoms with E-state index in [-0.39, 0.29) is 16.5 Å². The van der Waals surface area contributed by atoms with E-state index in [4.69, 9.17) is 9.98 Å². The van der Waals surface area contributed by atoms with Crippen molar-refractivity contribution in [1.29, 1.82) is 0 Å². The van der Waals surface area contributed by atoms with Gasteiger partial charge in [0, 0.05) is 16.5 Å². The molecule has 2 aromatic carbocycles. The van der Waals surface area contributed by atoms with Gasteiger partial charge >= 0.3 is 0 Å². The van der Waals surface area contributed by atoms with E-state index in [0.717, 1.165) is 37.1 Å². The molecule has 0 amide bonds. The molecular formula is C55H94N2Ni. The second-order valence-electron chi connectivity index (χ2n) is 17.7. The molecule has 0 unspecified atom stereocenters. The van der Waals surface area contributed by atoms with E-state index in [2.05, 4.69) is 77.9 Å². The molecule has 0 fully saturated rings. The normalized spacial score (nSPS) is 12.0. The van der Waals surface area contributed by atoms with Gasteiger partial charge in [0.25, 0.3) is 0 Å². The average molecular weight is 842 g/mol. The summed E-state index contributed by atoms with van der Waals surface area (Å²) >= 11 is 0. The molecule has 58 heavy (non-hydrogen) atoms. The van der Waals surface area contributed by atoms with Crippen molar-refractivity contribution >= 4 is 22.8 Å². The van der Waals surface area contributed by atoms with Gasteiger partial charge in [-0.15, -0.1) is 0 Å². The molecular weight excluding hydrogens is 747 g/mol. The minimum absolute atomic E-state index is 0. The molecule has 0 radical (unpaired) electrons. The van der Waals surface area contributed by atoms with Crippen molar-refractivity contribution in [2.24, 2.45) is 9.98 Å². The summed E-state index contributed by atoms with van der Waals surface area (Å²) in [5, 5.41) is 0. The maximum Gasteiger partial charge on any atom is 0.0636 e. The van der Waals surface area contributed by atoms with E-state index in [0.29, 0.717) is 0 Å². The second kappa shape index (κ2) is 38.2. The number of aryl methyl sites for hydroxylation is 4. The van der Waals surface area contributed by atoms with Crippen molar-refractivity contribution in [1.82, 2.24) is 0 Å². The fourth-order valence-electron chi connectivity index (χ4n) is 8.36. The Morgan fingerprint density at radius 1 is 0.310 bits per heavy atom. The summed E-state index contributed by atoms with van der Waals surface area (Å²) in [6.45, 7) is 13.9. The summed E-state index contributed by atoms with van der Waals surface area (Å²) < 4.78 is 0. The predicted molar refractivity (Wildman–Crippen MR) is 259 cm³/mol. The van der Waals surface area contributed by atoms with Crippen LogP contribution in [0.25, 0.3) is 0 Å². The summed E-state index contributed by atoms with van der Waals surface area (Å²) in [7, 11) is 0. The van der Waals surface area contributed by atoms with E-state index in [1.54, 1.807) is 0 Å². The zero-order valence-electron chi connectivity index (χ0n) is 39.4. The number of rotatable bonds is 38. The molecule has 2 nitrogen and oxygen atoms in total. The molecule has 0 saturated carbocycles. The van der Waals surface area contributed by atoms with Gasteiger partial charge in [-0.3, -0.25) is 9.98 Å². The van der Waals surface area contributed by atoms with Crippen LogP contribution in [0.15, 0.2) is 46.4 Å². The maximum absolute atomic E-state index is 5.59. The molecule has 0 saturated heterocycles. The Morgan fingerprint density at radius 3 is 0.862 bits per heavy atom. The number of hydrogen-bond acceptors (Lipinski definition) is 2. The first-order valence-electron chi connectivity index (χ1n) is 25.5. The molecule has 0 aliphatic rings. The van der Waals surface area contributed by atoms with Crippen molar-refractivity contribution in [3.05, 3.63) is 58.7 Å². The monoisotopic (exact) mass is 841 g/mol. The fraction of sp³-hybridized carbons (Fsp3) is 0.745. The van der Waals surface area contributed by atoms with Crippen LogP contribution in [0.1, 0.15) is 263 Å².